The summed E-state index contributed by atoms with van der Waals surface area (Å²) in [6.45, 7) is 4.84. The molecule has 1 saturated heterocycles. The summed E-state index contributed by atoms with van der Waals surface area (Å²) in [6, 6.07) is 10.3. The first kappa shape index (κ1) is 21.2. The molecule has 1 aliphatic rings. The molecule has 1 aliphatic heterocycles. The van der Waals surface area contributed by atoms with Crippen LogP contribution in [0.25, 0.3) is 11.0 Å². The Bertz CT molecular complexity index is 1100. The van der Waals surface area contributed by atoms with E-state index in [0.717, 1.165) is 19.0 Å². The average molecular weight is 432 g/mol. The monoisotopic (exact) mass is 432 g/mol. The number of benzene rings is 2. The maximum Gasteiger partial charge on any atom is 0.416 e. The zero-order chi connectivity index (χ0) is 22.2. The molecule has 2 atom stereocenters. The number of hydrogen-bond donors (Lipinski definition) is 2. The molecule has 2 unspecified atom stereocenters. The third-order valence-corrected chi connectivity index (χ3v) is 5.48. The number of alkyl halides is 3. The molecular formula is C23H23F3N2O3. The fourth-order valence-corrected chi connectivity index (χ4v) is 3.97. The molecule has 1 fully saturated rings. The maximum atomic E-state index is 13.4. The van der Waals surface area contributed by atoms with Crippen LogP contribution in [0.3, 0.4) is 0 Å². The summed E-state index contributed by atoms with van der Waals surface area (Å²) in [5, 5.41) is 6.76. The number of rotatable bonds is 5. The Morgan fingerprint density at radius 1 is 1.26 bits per heavy atom. The predicted molar refractivity (Wildman–Crippen MR) is 110 cm³/mol. The molecule has 0 aliphatic carbocycles. The van der Waals surface area contributed by atoms with Crippen LogP contribution in [0.4, 0.5) is 13.2 Å². The lowest BCUT2D eigenvalue weighted by Crippen LogP contribution is -2.36. The zero-order valence-corrected chi connectivity index (χ0v) is 17.2. The van der Waals surface area contributed by atoms with Gasteiger partial charge in [-0.05, 0) is 51.1 Å². The van der Waals surface area contributed by atoms with E-state index >= 15 is 0 Å². The third-order valence-electron chi connectivity index (χ3n) is 5.48. The second-order valence-electron chi connectivity index (χ2n) is 7.70. The minimum atomic E-state index is -4.47. The quantitative estimate of drug-likeness (QED) is 0.596. The summed E-state index contributed by atoms with van der Waals surface area (Å²) in [5.74, 6) is 0.595. The van der Waals surface area contributed by atoms with Crippen molar-refractivity contribution in [3.63, 3.8) is 0 Å². The van der Waals surface area contributed by atoms with E-state index in [1.54, 1.807) is 38.1 Å². The largest absolute Gasteiger partial charge is 0.486 e. The molecule has 164 valence electrons. The maximum absolute atomic E-state index is 13.4. The van der Waals surface area contributed by atoms with Crippen LogP contribution in [-0.2, 0) is 6.18 Å². The summed E-state index contributed by atoms with van der Waals surface area (Å²) < 4.78 is 51.6. The SMILES string of the molecule is Cc1oc2ccc(OC(C)c3ccccc3C(F)(F)F)cc2c1C(=O)NC1CCNC1. The van der Waals surface area contributed by atoms with Crippen LogP contribution in [0.15, 0.2) is 46.9 Å². The number of carbonyl (C=O) groups is 1. The van der Waals surface area contributed by atoms with Crippen molar-refractivity contribution in [1.82, 2.24) is 10.6 Å². The first-order valence-electron chi connectivity index (χ1n) is 10.1. The van der Waals surface area contributed by atoms with Gasteiger partial charge in [-0.3, -0.25) is 4.79 Å². The summed E-state index contributed by atoms with van der Waals surface area (Å²) in [5.41, 5.74) is 0.247. The van der Waals surface area contributed by atoms with Crippen LogP contribution in [-0.4, -0.2) is 25.0 Å². The van der Waals surface area contributed by atoms with Crippen molar-refractivity contribution >= 4 is 16.9 Å². The highest BCUT2D eigenvalue weighted by molar-refractivity contribution is 6.07. The van der Waals surface area contributed by atoms with Crippen molar-refractivity contribution in [2.24, 2.45) is 0 Å². The van der Waals surface area contributed by atoms with Crippen molar-refractivity contribution in [3.05, 3.63) is 64.9 Å². The lowest BCUT2D eigenvalue weighted by molar-refractivity contribution is -0.138. The molecule has 1 aromatic heterocycles. The molecule has 1 amide bonds. The fourth-order valence-electron chi connectivity index (χ4n) is 3.97. The summed E-state index contributed by atoms with van der Waals surface area (Å²) in [7, 11) is 0. The Hall–Kier alpha value is -3.00. The normalized spacial score (nSPS) is 17.6. The van der Waals surface area contributed by atoms with Crippen LogP contribution < -0.4 is 15.4 Å². The minimum absolute atomic E-state index is 0.0465. The Morgan fingerprint density at radius 2 is 2.03 bits per heavy atom. The molecule has 4 rings (SSSR count). The van der Waals surface area contributed by atoms with Gasteiger partial charge in [0.1, 0.15) is 23.2 Å². The molecule has 8 heteroatoms. The molecule has 3 aromatic rings. The highest BCUT2D eigenvalue weighted by atomic mass is 19.4. The molecule has 0 bridgehead atoms. The highest BCUT2D eigenvalue weighted by Gasteiger charge is 2.34. The molecule has 0 radical (unpaired) electrons. The van der Waals surface area contributed by atoms with Crippen molar-refractivity contribution in [1.29, 1.82) is 0 Å². The van der Waals surface area contributed by atoms with E-state index in [9.17, 15) is 18.0 Å². The lowest BCUT2D eigenvalue weighted by Gasteiger charge is -2.20. The molecule has 5 nitrogen and oxygen atoms in total. The minimum Gasteiger partial charge on any atom is -0.486 e. The number of halogens is 3. The van der Waals surface area contributed by atoms with Crippen LogP contribution >= 0.6 is 0 Å². The van der Waals surface area contributed by atoms with Gasteiger partial charge in [0.25, 0.3) is 5.91 Å². The fraction of sp³-hybridized carbons (Fsp3) is 0.348. The van der Waals surface area contributed by atoms with Gasteiger partial charge in [0.15, 0.2) is 0 Å². The molecule has 2 aromatic carbocycles. The topological polar surface area (TPSA) is 63.5 Å². The smallest absolute Gasteiger partial charge is 0.416 e. The van der Waals surface area contributed by atoms with Crippen LogP contribution in [0.1, 0.15) is 46.7 Å². The van der Waals surface area contributed by atoms with Gasteiger partial charge in [0.2, 0.25) is 0 Å². The van der Waals surface area contributed by atoms with Crippen molar-refractivity contribution < 1.29 is 27.1 Å². The summed E-state index contributed by atoms with van der Waals surface area (Å²) >= 11 is 0. The van der Waals surface area contributed by atoms with Crippen molar-refractivity contribution in [2.75, 3.05) is 13.1 Å². The number of amides is 1. The molecule has 31 heavy (non-hydrogen) atoms. The molecule has 0 spiro atoms. The molecule has 0 saturated carbocycles. The van der Waals surface area contributed by atoms with Gasteiger partial charge in [-0.15, -0.1) is 0 Å². The number of nitrogens with one attached hydrogen (secondary N) is 2. The Morgan fingerprint density at radius 3 is 2.74 bits per heavy atom. The average Bonchev–Trinajstić information content (AvgIpc) is 3.33. The van der Waals surface area contributed by atoms with E-state index in [-0.39, 0.29) is 17.5 Å². The van der Waals surface area contributed by atoms with Crippen LogP contribution in [0.5, 0.6) is 5.75 Å². The number of ether oxygens (including phenoxy) is 1. The third kappa shape index (κ3) is 4.39. The molecule has 2 N–H and O–H groups in total. The van der Waals surface area contributed by atoms with Crippen molar-refractivity contribution in [2.45, 2.75) is 38.6 Å². The van der Waals surface area contributed by atoms with Gasteiger partial charge in [-0.2, -0.15) is 13.2 Å². The Balaban J connectivity index is 1.62. The Labute approximate surface area is 177 Å². The zero-order valence-electron chi connectivity index (χ0n) is 17.2. The second-order valence-corrected chi connectivity index (χ2v) is 7.70. The second kappa shape index (κ2) is 8.26. The van der Waals surface area contributed by atoms with E-state index in [1.807, 2.05) is 0 Å². The highest BCUT2D eigenvalue weighted by Crippen LogP contribution is 2.37. The van der Waals surface area contributed by atoms with Gasteiger partial charge in [-0.1, -0.05) is 18.2 Å². The number of aryl methyl sites for hydroxylation is 1. The first-order valence-corrected chi connectivity index (χ1v) is 10.1. The van der Waals surface area contributed by atoms with Gasteiger partial charge >= 0.3 is 6.18 Å². The number of hydrogen-bond acceptors (Lipinski definition) is 4. The van der Waals surface area contributed by atoms with Gasteiger partial charge in [0, 0.05) is 23.5 Å². The lowest BCUT2D eigenvalue weighted by atomic mass is 10.0. The standard InChI is InChI=1S/C23H23F3N2O3/c1-13(17-5-3-4-6-19(17)23(24,25)26)30-16-7-8-20-18(11-16)21(14(2)31-20)22(29)28-15-9-10-27-12-15/h3-8,11,13,15,27H,9-10,12H2,1-2H3,(H,28,29). The van der Waals surface area contributed by atoms with E-state index in [2.05, 4.69) is 10.6 Å². The summed E-state index contributed by atoms with van der Waals surface area (Å²) in [6.07, 6.45) is -4.46. The van der Waals surface area contributed by atoms with E-state index in [1.165, 1.54) is 12.1 Å². The van der Waals surface area contributed by atoms with Crippen LogP contribution in [0.2, 0.25) is 0 Å². The van der Waals surface area contributed by atoms with Gasteiger partial charge < -0.3 is 19.8 Å². The Kier molecular flexibility index (Phi) is 5.66. The van der Waals surface area contributed by atoms with E-state index in [0.29, 0.717) is 34.6 Å². The predicted octanol–water partition coefficient (Wildman–Crippen LogP) is 4.99. The van der Waals surface area contributed by atoms with Gasteiger partial charge in [0.05, 0.1) is 11.1 Å². The van der Waals surface area contributed by atoms with Crippen LogP contribution in [0, 0.1) is 6.92 Å². The van der Waals surface area contributed by atoms with Crippen molar-refractivity contribution in [3.8, 4) is 5.75 Å². The molecular weight excluding hydrogens is 409 g/mol. The van der Waals surface area contributed by atoms with E-state index < -0.39 is 17.8 Å². The number of fused-ring (bicyclic) bond motifs is 1. The summed E-state index contributed by atoms with van der Waals surface area (Å²) in [4.78, 5) is 12.8. The molecule has 2 heterocycles. The number of carbonyl (C=O) groups excluding carboxylic acids is 1. The van der Waals surface area contributed by atoms with E-state index in [4.69, 9.17) is 9.15 Å². The van der Waals surface area contributed by atoms with Gasteiger partial charge in [-0.25, -0.2) is 0 Å². The first-order chi connectivity index (χ1) is 14.7. The number of furan rings is 1.